The molecular weight excluding hydrogens is 291 g/mol. The number of ether oxygens (including phenoxy) is 1. The highest BCUT2D eigenvalue weighted by Gasteiger charge is 2.45. The van der Waals surface area contributed by atoms with Crippen LogP contribution in [0.1, 0.15) is 18.2 Å². The zero-order chi connectivity index (χ0) is 15.3. The zero-order valence-electron chi connectivity index (χ0n) is 11.8. The summed E-state index contributed by atoms with van der Waals surface area (Å²) in [5, 5.41) is 23.1. The Morgan fingerprint density at radius 3 is 3.09 bits per heavy atom. The van der Waals surface area contributed by atoms with E-state index in [-0.39, 0.29) is 0 Å². The number of aliphatic hydroxyl groups excluding tert-OH is 2. The van der Waals surface area contributed by atoms with Crippen LogP contribution < -0.4 is 5.32 Å². The fourth-order valence-corrected chi connectivity index (χ4v) is 3.24. The summed E-state index contributed by atoms with van der Waals surface area (Å²) < 4.78 is 21.5. The number of hydrogen-bond donors (Lipinski definition) is 3. The Morgan fingerprint density at radius 1 is 1.45 bits per heavy atom. The van der Waals surface area contributed by atoms with E-state index in [1.165, 1.54) is 6.33 Å². The van der Waals surface area contributed by atoms with Crippen LogP contribution in [0.15, 0.2) is 12.5 Å². The highest BCUT2D eigenvalue weighted by molar-refractivity contribution is 5.91. The molecule has 2 aromatic rings. The Labute approximate surface area is 125 Å². The first-order chi connectivity index (χ1) is 10.7. The van der Waals surface area contributed by atoms with E-state index in [2.05, 4.69) is 15.3 Å². The van der Waals surface area contributed by atoms with Crippen LogP contribution in [0, 0.1) is 0 Å². The molecule has 0 bridgehead atoms. The van der Waals surface area contributed by atoms with Crippen molar-refractivity contribution in [3.8, 4) is 0 Å². The van der Waals surface area contributed by atoms with E-state index in [9.17, 15) is 14.6 Å². The van der Waals surface area contributed by atoms with Crippen molar-refractivity contribution in [3.63, 3.8) is 0 Å². The van der Waals surface area contributed by atoms with E-state index in [1.807, 2.05) is 6.20 Å². The number of anilines is 1. The second-order valence-electron chi connectivity index (χ2n) is 5.70. The molecule has 2 aliphatic heterocycles. The van der Waals surface area contributed by atoms with Crippen LogP contribution in [0.25, 0.3) is 11.0 Å². The molecule has 8 heteroatoms. The Kier molecular flexibility index (Phi) is 3.24. The van der Waals surface area contributed by atoms with Crippen molar-refractivity contribution in [3.05, 3.63) is 18.1 Å². The van der Waals surface area contributed by atoms with Crippen molar-refractivity contribution in [2.45, 2.75) is 37.4 Å². The standard InChI is InChI=1S/C14H17FN4O3/c15-10-11(21)8(5-20)22-14(10)19-4-7-2-1-3-16-12-9(7)13(19)18-6-17-12/h4,6,8,10-11,14,20-21H,1-3,5H2,(H,16,17,18)/t8-,10?,11?,14-/m1/s1. The van der Waals surface area contributed by atoms with Crippen LogP contribution in [0.5, 0.6) is 0 Å². The zero-order valence-corrected chi connectivity index (χ0v) is 11.8. The van der Waals surface area contributed by atoms with Crippen LogP contribution in [0.3, 0.4) is 0 Å². The average molecular weight is 308 g/mol. The molecule has 0 aliphatic carbocycles. The van der Waals surface area contributed by atoms with E-state index in [4.69, 9.17) is 4.74 Å². The van der Waals surface area contributed by atoms with Gasteiger partial charge in [0.25, 0.3) is 0 Å². The lowest BCUT2D eigenvalue weighted by molar-refractivity contribution is -0.0457. The van der Waals surface area contributed by atoms with Crippen molar-refractivity contribution in [1.82, 2.24) is 14.5 Å². The number of nitrogens with one attached hydrogen (secondary N) is 1. The molecule has 2 unspecified atom stereocenters. The maximum Gasteiger partial charge on any atom is 0.173 e. The largest absolute Gasteiger partial charge is 0.394 e. The number of aryl methyl sites for hydroxylation is 1. The molecule has 0 aromatic carbocycles. The van der Waals surface area contributed by atoms with Gasteiger partial charge in [0.05, 0.1) is 12.0 Å². The molecule has 3 N–H and O–H groups in total. The fourth-order valence-electron chi connectivity index (χ4n) is 3.24. The van der Waals surface area contributed by atoms with E-state index < -0.39 is 31.2 Å². The van der Waals surface area contributed by atoms with Gasteiger partial charge in [-0.05, 0) is 18.4 Å². The second kappa shape index (κ2) is 5.15. The van der Waals surface area contributed by atoms with E-state index >= 15 is 0 Å². The molecule has 4 heterocycles. The number of aromatic nitrogens is 3. The summed E-state index contributed by atoms with van der Waals surface area (Å²) in [5.74, 6) is 0.740. The van der Waals surface area contributed by atoms with Crippen LogP contribution >= 0.6 is 0 Å². The molecule has 1 fully saturated rings. The first-order valence-corrected chi connectivity index (χ1v) is 7.37. The molecule has 7 nitrogen and oxygen atoms in total. The Morgan fingerprint density at radius 2 is 2.32 bits per heavy atom. The topological polar surface area (TPSA) is 92.4 Å². The van der Waals surface area contributed by atoms with E-state index in [0.29, 0.717) is 5.65 Å². The molecule has 2 aromatic heterocycles. The molecule has 0 saturated carbocycles. The lowest BCUT2D eigenvalue weighted by atomic mass is 10.1. The first-order valence-electron chi connectivity index (χ1n) is 7.37. The predicted molar refractivity (Wildman–Crippen MR) is 76.2 cm³/mol. The monoisotopic (exact) mass is 308 g/mol. The maximum atomic E-state index is 14.4. The minimum Gasteiger partial charge on any atom is -0.394 e. The molecule has 0 spiro atoms. The Balaban J connectivity index is 1.83. The third kappa shape index (κ3) is 1.91. The lowest BCUT2D eigenvalue weighted by Crippen LogP contribution is -2.30. The van der Waals surface area contributed by atoms with Gasteiger partial charge < -0.3 is 24.8 Å². The van der Waals surface area contributed by atoms with Gasteiger partial charge in [-0.1, -0.05) is 0 Å². The molecule has 22 heavy (non-hydrogen) atoms. The summed E-state index contributed by atoms with van der Waals surface area (Å²) in [6.07, 6.45) is 0.156. The van der Waals surface area contributed by atoms with Gasteiger partial charge in [-0.25, -0.2) is 14.4 Å². The number of nitrogens with zero attached hydrogens (tertiary/aromatic N) is 3. The smallest absolute Gasteiger partial charge is 0.173 e. The molecule has 118 valence electrons. The van der Waals surface area contributed by atoms with Crippen LogP contribution in [0.2, 0.25) is 0 Å². The summed E-state index contributed by atoms with van der Waals surface area (Å²) in [6.45, 7) is 0.406. The van der Waals surface area contributed by atoms with Gasteiger partial charge in [0, 0.05) is 12.7 Å². The van der Waals surface area contributed by atoms with Gasteiger partial charge in [0.15, 0.2) is 12.4 Å². The van der Waals surface area contributed by atoms with Gasteiger partial charge in [-0.2, -0.15) is 0 Å². The second-order valence-corrected chi connectivity index (χ2v) is 5.70. The van der Waals surface area contributed by atoms with Crippen molar-refractivity contribution in [2.24, 2.45) is 0 Å². The summed E-state index contributed by atoms with van der Waals surface area (Å²) in [5.41, 5.74) is 1.61. The molecule has 4 atom stereocenters. The Bertz CT molecular complexity index is 707. The average Bonchev–Trinajstić information content (AvgIpc) is 2.94. The fraction of sp³-hybridized carbons (Fsp3) is 0.571. The molecule has 4 rings (SSSR count). The third-order valence-corrected chi connectivity index (χ3v) is 4.35. The van der Waals surface area contributed by atoms with Gasteiger partial charge >= 0.3 is 0 Å². The number of halogens is 1. The molecule has 2 aliphatic rings. The number of hydrogen-bond acceptors (Lipinski definition) is 6. The van der Waals surface area contributed by atoms with Crippen LogP contribution in [-0.4, -0.2) is 56.3 Å². The summed E-state index contributed by atoms with van der Waals surface area (Å²) in [4.78, 5) is 8.51. The van der Waals surface area contributed by atoms with Crippen molar-refractivity contribution >= 4 is 16.9 Å². The third-order valence-electron chi connectivity index (χ3n) is 4.35. The minimum atomic E-state index is -1.62. The molecule has 1 saturated heterocycles. The van der Waals surface area contributed by atoms with Crippen molar-refractivity contribution in [1.29, 1.82) is 0 Å². The molecule has 0 amide bonds. The van der Waals surface area contributed by atoms with Crippen LogP contribution in [-0.2, 0) is 11.2 Å². The van der Waals surface area contributed by atoms with Gasteiger partial charge in [-0.3, -0.25) is 0 Å². The van der Waals surface area contributed by atoms with Gasteiger partial charge in [-0.15, -0.1) is 0 Å². The number of alkyl halides is 1. The highest BCUT2D eigenvalue weighted by Crippen LogP contribution is 2.37. The van der Waals surface area contributed by atoms with E-state index in [0.717, 1.165) is 36.2 Å². The summed E-state index contributed by atoms with van der Waals surface area (Å²) in [7, 11) is 0. The van der Waals surface area contributed by atoms with E-state index in [1.54, 1.807) is 4.57 Å². The normalized spacial score (nSPS) is 31.2. The quantitative estimate of drug-likeness (QED) is 0.743. The van der Waals surface area contributed by atoms with Gasteiger partial charge in [0.2, 0.25) is 0 Å². The summed E-state index contributed by atoms with van der Waals surface area (Å²) in [6, 6.07) is 0. The summed E-state index contributed by atoms with van der Waals surface area (Å²) >= 11 is 0. The Hall–Kier alpha value is -1.77. The number of aliphatic hydroxyl groups is 2. The lowest BCUT2D eigenvalue weighted by Gasteiger charge is -2.16. The first kappa shape index (κ1) is 13.9. The van der Waals surface area contributed by atoms with Crippen LogP contribution in [0.4, 0.5) is 10.2 Å². The number of rotatable bonds is 2. The van der Waals surface area contributed by atoms with Crippen molar-refractivity contribution < 1.29 is 19.3 Å². The minimum absolute atomic E-state index is 0.425. The highest BCUT2D eigenvalue weighted by atomic mass is 19.1. The molecular formula is C14H17FN4O3. The SMILES string of the molecule is OC[C@H]1O[C@@H](n2cc3c4c(ncnc42)NCCC3)C(F)C1O. The predicted octanol–water partition coefficient (Wildman–Crippen LogP) is 0.378. The van der Waals surface area contributed by atoms with Crippen molar-refractivity contribution in [2.75, 3.05) is 18.5 Å². The van der Waals surface area contributed by atoms with Gasteiger partial charge in [0.1, 0.15) is 30.0 Å². The molecule has 0 radical (unpaired) electrons. The maximum absolute atomic E-state index is 14.4.